The lowest BCUT2D eigenvalue weighted by molar-refractivity contribution is 0.457. The quantitative estimate of drug-likeness (QED) is 0.140. The average molecular weight is 607 g/mol. The highest BCUT2D eigenvalue weighted by Crippen LogP contribution is 2.43. The third kappa shape index (κ3) is 8.22. The minimum absolute atomic E-state index is 0.360. The molecule has 0 spiro atoms. The molecule has 4 atom stereocenters. The van der Waals surface area contributed by atoms with Crippen molar-refractivity contribution in [3.63, 3.8) is 0 Å². The Morgan fingerprint density at radius 2 is 0.733 bits per heavy atom. The Morgan fingerprint density at radius 1 is 0.467 bits per heavy atom. The minimum atomic E-state index is 0.360. The molecular formula is C41H54N2O2. The second-order valence-electron chi connectivity index (χ2n) is 13.0. The van der Waals surface area contributed by atoms with Gasteiger partial charge in [-0.1, -0.05) is 79.7 Å². The maximum absolute atomic E-state index is 6.68. The normalized spacial score (nSPS) is 14.0. The van der Waals surface area contributed by atoms with E-state index in [9.17, 15) is 0 Å². The maximum Gasteiger partial charge on any atom is 0.134 e. The van der Waals surface area contributed by atoms with Crippen LogP contribution in [0.1, 0.15) is 138 Å². The lowest BCUT2D eigenvalue weighted by Crippen LogP contribution is -2.07. The first-order valence-electron chi connectivity index (χ1n) is 17.0. The molecule has 0 radical (unpaired) electrons. The highest BCUT2D eigenvalue weighted by atomic mass is 16.5. The summed E-state index contributed by atoms with van der Waals surface area (Å²) >= 11 is 0. The van der Waals surface area contributed by atoms with Crippen LogP contribution in [0.2, 0.25) is 0 Å². The van der Waals surface area contributed by atoms with Gasteiger partial charge < -0.3 is 20.9 Å². The number of anilines is 2. The van der Waals surface area contributed by atoms with Gasteiger partial charge in [0.15, 0.2) is 0 Å². The first-order chi connectivity index (χ1) is 21.6. The van der Waals surface area contributed by atoms with Gasteiger partial charge in [0.05, 0.1) is 0 Å². The molecule has 0 aromatic heterocycles. The van der Waals surface area contributed by atoms with Crippen LogP contribution in [-0.4, -0.2) is 0 Å². The van der Waals surface area contributed by atoms with E-state index in [-0.39, 0.29) is 0 Å². The van der Waals surface area contributed by atoms with Crippen molar-refractivity contribution >= 4 is 11.4 Å². The van der Waals surface area contributed by atoms with Gasteiger partial charge in [-0.3, -0.25) is 0 Å². The van der Waals surface area contributed by atoms with Gasteiger partial charge in [0, 0.05) is 11.4 Å². The Bertz CT molecular complexity index is 1360. The number of rotatable bonds is 14. The Hall–Kier alpha value is -3.92. The van der Waals surface area contributed by atoms with Crippen molar-refractivity contribution in [2.45, 2.75) is 111 Å². The van der Waals surface area contributed by atoms with Gasteiger partial charge in [-0.05, 0) is 138 Å². The molecule has 4 unspecified atom stereocenters. The molecule has 4 heteroatoms. The second-order valence-corrected chi connectivity index (χ2v) is 13.0. The standard InChI is InChI=1S/C41H54N2O2/c1-9-26(5)36-22-30(23-37(27(6)10-2)40(36)44-34-17-13-32(42)14-18-34)21-31-24-38(28(7)11-3)41(39(25-31)29(8)12-4)45-35-19-15-33(43)16-20-35/h13-20,22-29H,9-12,21,42-43H2,1-8H3. The monoisotopic (exact) mass is 606 g/mol. The van der Waals surface area contributed by atoms with Gasteiger partial charge in [-0.2, -0.15) is 0 Å². The van der Waals surface area contributed by atoms with Crippen LogP contribution in [0.3, 0.4) is 0 Å². The largest absolute Gasteiger partial charge is 0.457 e. The molecule has 0 saturated carbocycles. The summed E-state index contributed by atoms with van der Waals surface area (Å²) in [6, 6.07) is 25.0. The summed E-state index contributed by atoms with van der Waals surface area (Å²) in [7, 11) is 0. The lowest BCUT2D eigenvalue weighted by Gasteiger charge is -2.25. The van der Waals surface area contributed by atoms with Crippen molar-refractivity contribution in [2.24, 2.45) is 0 Å². The van der Waals surface area contributed by atoms with Gasteiger partial charge >= 0.3 is 0 Å². The molecule has 45 heavy (non-hydrogen) atoms. The third-order valence-electron chi connectivity index (χ3n) is 9.59. The van der Waals surface area contributed by atoms with E-state index in [1.165, 1.54) is 33.4 Å². The molecule has 0 saturated heterocycles. The topological polar surface area (TPSA) is 70.5 Å². The Morgan fingerprint density at radius 3 is 0.978 bits per heavy atom. The van der Waals surface area contributed by atoms with Gasteiger partial charge in [0.1, 0.15) is 23.0 Å². The summed E-state index contributed by atoms with van der Waals surface area (Å²) in [6.45, 7) is 18.2. The van der Waals surface area contributed by atoms with E-state index in [0.29, 0.717) is 23.7 Å². The SMILES string of the molecule is CCC(C)c1cc(Cc2cc(C(C)CC)c(Oc3ccc(N)cc3)c(C(C)CC)c2)cc(C(C)CC)c1Oc1ccc(N)cc1. The van der Waals surface area contributed by atoms with Crippen LogP contribution < -0.4 is 20.9 Å². The summed E-state index contributed by atoms with van der Waals surface area (Å²) in [5, 5.41) is 0. The van der Waals surface area contributed by atoms with Crippen LogP contribution in [-0.2, 0) is 6.42 Å². The molecule has 0 amide bonds. The fraction of sp³-hybridized carbons (Fsp3) is 0.415. The third-order valence-corrected chi connectivity index (χ3v) is 9.59. The molecule has 240 valence electrons. The van der Waals surface area contributed by atoms with E-state index in [0.717, 1.165) is 66.5 Å². The van der Waals surface area contributed by atoms with Gasteiger partial charge in [0.25, 0.3) is 0 Å². The first-order valence-corrected chi connectivity index (χ1v) is 17.0. The fourth-order valence-electron chi connectivity index (χ4n) is 5.80. The van der Waals surface area contributed by atoms with E-state index >= 15 is 0 Å². The van der Waals surface area contributed by atoms with E-state index in [1.807, 2.05) is 48.5 Å². The molecule has 4 N–H and O–H groups in total. The predicted octanol–water partition coefficient (Wildman–Crippen LogP) is 12.1. The summed E-state index contributed by atoms with van der Waals surface area (Å²) in [6.07, 6.45) is 5.00. The smallest absolute Gasteiger partial charge is 0.134 e. The molecular weight excluding hydrogens is 552 g/mol. The molecule has 0 aliphatic rings. The second kappa shape index (κ2) is 15.4. The molecule has 0 aliphatic carbocycles. The van der Waals surface area contributed by atoms with Crippen molar-refractivity contribution in [3.8, 4) is 23.0 Å². The summed E-state index contributed by atoms with van der Waals surface area (Å²) in [4.78, 5) is 0. The molecule has 4 aromatic rings. The van der Waals surface area contributed by atoms with Gasteiger partial charge in [0.2, 0.25) is 0 Å². The lowest BCUT2D eigenvalue weighted by atomic mass is 9.84. The van der Waals surface area contributed by atoms with Crippen LogP contribution in [0, 0.1) is 0 Å². The van der Waals surface area contributed by atoms with Crippen molar-refractivity contribution in [1.82, 2.24) is 0 Å². The van der Waals surface area contributed by atoms with Crippen molar-refractivity contribution in [3.05, 3.63) is 106 Å². The number of benzene rings is 4. The highest BCUT2D eigenvalue weighted by Gasteiger charge is 2.23. The summed E-state index contributed by atoms with van der Waals surface area (Å²) in [5.74, 6) is 5.08. The maximum atomic E-state index is 6.68. The van der Waals surface area contributed by atoms with Crippen LogP contribution in [0.15, 0.2) is 72.8 Å². The van der Waals surface area contributed by atoms with Gasteiger partial charge in [-0.15, -0.1) is 0 Å². The molecule has 0 heterocycles. The number of ether oxygens (including phenoxy) is 2. The molecule has 0 aliphatic heterocycles. The molecule has 0 bridgehead atoms. The van der Waals surface area contributed by atoms with E-state index < -0.39 is 0 Å². The number of hydrogen-bond donors (Lipinski definition) is 2. The van der Waals surface area contributed by atoms with Crippen LogP contribution in [0.5, 0.6) is 23.0 Å². The zero-order chi connectivity index (χ0) is 32.7. The Kier molecular flexibility index (Phi) is 11.6. The van der Waals surface area contributed by atoms with Crippen LogP contribution in [0.25, 0.3) is 0 Å². The van der Waals surface area contributed by atoms with Gasteiger partial charge in [-0.25, -0.2) is 0 Å². The van der Waals surface area contributed by atoms with Crippen molar-refractivity contribution in [2.75, 3.05) is 11.5 Å². The fourth-order valence-corrected chi connectivity index (χ4v) is 5.80. The first kappa shape index (κ1) is 34.0. The Labute approximate surface area is 272 Å². The molecule has 4 aromatic carbocycles. The van der Waals surface area contributed by atoms with Crippen LogP contribution in [0.4, 0.5) is 11.4 Å². The van der Waals surface area contributed by atoms with Crippen molar-refractivity contribution in [1.29, 1.82) is 0 Å². The number of nitrogens with two attached hydrogens (primary N) is 2. The zero-order valence-electron chi connectivity index (χ0n) is 28.7. The minimum Gasteiger partial charge on any atom is -0.457 e. The predicted molar refractivity (Wildman–Crippen MR) is 192 cm³/mol. The van der Waals surface area contributed by atoms with E-state index in [1.54, 1.807) is 0 Å². The van der Waals surface area contributed by atoms with E-state index in [4.69, 9.17) is 20.9 Å². The van der Waals surface area contributed by atoms with Crippen LogP contribution >= 0.6 is 0 Å². The number of hydrogen-bond acceptors (Lipinski definition) is 4. The number of nitrogen functional groups attached to an aromatic ring is 2. The average Bonchev–Trinajstić information content (AvgIpc) is 3.06. The molecule has 4 rings (SSSR count). The highest BCUT2D eigenvalue weighted by molar-refractivity contribution is 5.55. The molecule has 4 nitrogen and oxygen atoms in total. The molecule has 0 fully saturated rings. The van der Waals surface area contributed by atoms with E-state index in [2.05, 4.69) is 79.7 Å². The summed E-state index contributed by atoms with van der Waals surface area (Å²) in [5.41, 5.74) is 21.2. The summed E-state index contributed by atoms with van der Waals surface area (Å²) < 4.78 is 13.4. The van der Waals surface area contributed by atoms with Crippen molar-refractivity contribution < 1.29 is 9.47 Å². The Balaban J connectivity index is 1.84. The zero-order valence-corrected chi connectivity index (χ0v) is 28.7.